The van der Waals surface area contributed by atoms with E-state index in [1.807, 2.05) is 71.0 Å². The highest BCUT2D eigenvalue weighted by Gasteiger charge is 2.27. The number of nitrogens with zero attached hydrogens (tertiary/aromatic N) is 6. The van der Waals surface area contributed by atoms with Crippen LogP contribution in [0, 0.1) is 19.8 Å². The second-order valence-corrected chi connectivity index (χ2v) is 11.9. The van der Waals surface area contributed by atoms with Crippen LogP contribution in [0.15, 0.2) is 66.9 Å². The minimum atomic E-state index is -0.745. The highest BCUT2D eigenvalue weighted by Crippen LogP contribution is 2.37. The van der Waals surface area contributed by atoms with Crippen molar-refractivity contribution >= 4 is 22.7 Å². The van der Waals surface area contributed by atoms with Gasteiger partial charge in [-0.25, -0.2) is 9.67 Å². The number of aryl methyl sites for hydroxylation is 1. The van der Waals surface area contributed by atoms with Crippen molar-refractivity contribution in [1.82, 2.24) is 24.5 Å². The topological polar surface area (TPSA) is 109 Å². The lowest BCUT2D eigenvalue weighted by atomic mass is 9.95. The Hall–Kier alpha value is -4.50. The van der Waals surface area contributed by atoms with Crippen molar-refractivity contribution < 1.29 is 15.0 Å². The van der Waals surface area contributed by atoms with E-state index in [9.17, 15) is 15.0 Å². The summed E-state index contributed by atoms with van der Waals surface area (Å²) in [6, 6.07) is 19.8. The van der Waals surface area contributed by atoms with Crippen LogP contribution in [0.3, 0.4) is 0 Å². The number of aliphatic hydroxyl groups excluding tert-OH is 1. The van der Waals surface area contributed by atoms with Crippen LogP contribution in [-0.4, -0.2) is 53.8 Å². The molecule has 0 aliphatic carbocycles. The summed E-state index contributed by atoms with van der Waals surface area (Å²) < 4.78 is 3.81. The van der Waals surface area contributed by atoms with Crippen LogP contribution in [0.25, 0.3) is 27.8 Å². The Morgan fingerprint density at radius 3 is 2.53 bits per heavy atom. The number of aliphatic hydroxyl groups is 1. The molecule has 1 fully saturated rings. The van der Waals surface area contributed by atoms with Gasteiger partial charge >= 0.3 is 5.97 Å². The molecule has 9 heteroatoms. The summed E-state index contributed by atoms with van der Waals surface area (Å²) in [7, 11) is 0. The number of carboxylic acids is 1. The van der Waals surface area contributed by atoms with Gasteiger partial charge in [0.2, 0.25) is 0 Å². The molecule has 2 atom stereocenters. The molecule has 4 heterocycles. The smallest absolute Gasteiger partial charge is 0.303 e. The van der Waals surface area contributed by atoms with Gasteiger partial charge < -0.3 is 15.1 Å². The number of carbonyl (C=O) groups is 1. The zero-order valence-corrected chi connectivity index (χ0v) is 25.1. The van der Waals surface area contributed by atoms with Gasteiger partial charge in [-0.3, -0.25) is 9.48 Å². The largest absolute Gasteiger partial charge is 0.481 e. The quantitative estimate of drug-likeness (QED) is 0.219. The average Bonchev–Trinajstić information content (AvgIpc) is 3.70. The van der Waals surface area contributed by atoms with Crippen molar-refractivity contribution in [1.29, 1.82) is 0 Å². The molecule has 6 rings (SSSR count). The molecule has 0 saturated carbocycles. The SMILES string of the molecule is Cc1nc(N2CC[C@@H](CC(=O)O)C2)ccc1-n1nc(-c2cccc3nn(C[C@H](O)c4ccccc4)cc23)c(C(C)C)c1C. The number of aromatic nitrogens is 5. The van der Waals surface area contributed by atoms with Crippen LogP contribution in [0.5, 0.6) is 0 Å². The monoisotopic (exact) mass is 578 g/mol. The number of hydrogen-bond donors (Lipinski definition) is 2. The summed E-state index contributed by atoms with van der Waals surface area (Å²) in [5.74, 6) is 0.512. The number of hydrogen-bond acceptors (Lipinski definition) is 6. The molecule has 1 saturated heterocycles. The molecular formula is C34H38N6O3. The number of fused-ring (bicyclic) bond motifs is 1. The van der Waals surface area contributed by atoms with Crippen molar-refractivity contribution in [2.45, 2.75) is 59.1 Å². The number of pyridine rings is 1. The third kappa shape index (κ3) is 5.64. The van der Waals surface area contributed by atoms with Crippen LogP contribution in [-0.2, 0) is 11.3 Å². The fraction of sp³-hybridized carbons (Fsp3) is 0.353. The van der Waals surface area contributed by atoms with Crippen LogP contribution < -0.4 is 4.90 Å². The highest BCUT2D eigenvalue weighted by atomic mass is 16.4. The molecule has 0 unspecified atom stereocenters. The van der Waals surface area contributed by atoms with Gasteiger partial charge in [-0.1, -0.05) is 56.3 Å². The number of carboxylic acid groups (broad SMARTS) is 1. The molecule has 1 aliphatic heterocycles. The molecule has 3 aromatic heterocycles. The Morgan fingerprint density at radius 1 is 1.02 bits per heavy atom. The minimum absolute atomic E-state index is 0.150. The predicted molar refractivity (Wildman–Crippen MR) is 168 cm³/mol. The fourth-order valence-corrected chi connectivity index (χ4v) is 6.38. The first-order valence-corrected chi connectivity index (χ1v) is 14.9. The molecule has 222 valence electrons. The number of aliphatic carboxylic acids is 1. The van der Waals surface area contributed by atoms with E-state index < -0.39 is 12.1 Å². The number of rotatable bonds is 9. The Labute approximate surface area is 251 Å². The number of benzene rings is 2. The van der Waals surface area contributed by atoms with E-state index in [0.717, 1.165) is 63.6 Å². The standard InChI is InChI=1S/C34H38N6O3/c1-21(2)33-23(4)40(29-13-14-31(35-22(29)3)38-16-15-24(18-38)17-32(42)43)37-34(33)26-11-8-12-28-27(26)19-39(36-28)20-30(41)25-9-6-5-7-10-25/h5-14,19,21,24,30,41H,15-18,20H2,1-4H3,(H,42,43)/t24-,30-/m0/s1. The van der Waals surface area contributed by atoms with Crippen molar-refractivity contribution in [2.75, 3.05) is 18.0 Å². The van der Waals surface area contributed by atoms with E-state index in [4.69, 9.17) is 15.2 Å². The third-order valence-electron chi connectivity index (χ3n) is 8.48. The summed E-state index contributed by atoms with van der Waals surface area (Å²) in [4.78, 5) is 18.3. The van der Waals surface area contributed by atoms with E-state index >= 15 is 0 Å². The van der Waals surface area contributed by atoms with E-state index in [1.54, 1.807) is 0 Å². The Balaban J connectivity index is 1.34. The normalized spacial score (nSPS) is 16.0. The van der Waals surface area contributed by atoms with Crippen molar-refractivity contribution in [3.8, 4) is 16.9 Å². The first-order valence-electron chi connectivity index (χ1n) is 14.9. The molecule has 0 bridgehead atoms. The Kier molecular flexibility index (Phi) is 7.75. The molecular weight excluding hydrogens is 540 g/mol. The third-order valence-corrected chi connectivity index (χ3v) is 8.48. The number of anilines is 1. The van der Waals surface area contributed by atoms with Crippen LogP contribution in [0.4, 0.5) is 5.82 Å². The molecule has 0 amide bonds. The Morgan fingerprint density at radius 2 is 1.81 bits per heavy atom. The lowest BCUT2D eigenvalue weighted by molar-refractivity contribution is -0.137. The lowest BCUT2D eigenvalue weighted by Gasteiger charge is -2.19. The van der Waals surface area contributed by atoms with Crippen molar-refractivity contribution in [3.63, 3.8) is 0 Å². The van der Waals surface area contributed by atoms with Crippen LogP contribution in [0.1, 0.15) is 61.2 Å². The lowest BCUT2D eigenvalue weighted by Crippen LogP contribution is -2.22. The van der Waals surface area contributed by atoms with Crippen LogP contribution >= 0.6 is 0 Å². The van der Waals surface area contributed by atoms with Gasteiger partial charge in [-0.05, 0) is 55.9 Å². The molecule has 9 nitrogen and oxygen atoms in total. The summed E-state index contributed by atoms with van der Waals surface area (Å²) in [5.41, 5.74) is 7.66. The van der Waals surface area contributed by atoms with E-state index in [2.05, 4.69) is 37.8 Å². The summed E-state index contributed by atoms with van der Waals surface area (Å²) in [6.07, 6.45) is 2.40. The maximum atomic E-state index is 11.2. The van der Waals surface area contributed by atoms with Gasteiger partial charge in [0.05, 0.1) is 35.2 Å². The highest BCUT2D eigenvalue weighted by molar-refractivity contribution is 5.94. The first-order chi connectivity index (χ1) is 20.7. The summed E-state index contributed by atoms with van der Waals surface area (Å²) >= 11 is 0. The maximum absolute atomic E-state index is 11.2. The average molecular weight is 579 g/mol. The molecule has 43 heavy (non-hydrogen) atoms. The summed E-state index contributed by atoms with van der Waals surface area (Å²) in [5, 5.41) is 31.0. The molecule has 1 aliphatic rings. The van der Waals surface area contributed by atoms with Gasteiger partial charge in [0.25, 0.3) is 0 Å². The molecule has 0 radical (unpaired) electrons. The fourth-order valence-electron chi connectivity index (χ4n) is 6.38. The zero-order valence-electron chi connectivity index (χ0n) is 25.1. The van der Waals surface area contributed by atoms with Crippen LogP contribution in [0.2, 0.25) is 0 Å². The minimum Gasteiger partial charge on any atom is -0.481 e. The van der Waals surface area contributed by atoms with Gasteiger partial charge in [0.1, 0.15) is 5.82 Å². The van der Waals surface area contributed by atoms with E-state index in [0.29, 0.717) is 13.1 Å². The summed E-state index contributed by atoms with van der Waals surface area (Å²) in [6.45, 7) is 10.4. The van der Waals surface area contributed by atoms with E-state index in [1.165, 1.54) is 5.56 Å². The molecule has 2 aromatic carbocycles. The molecule has 2 N–H and O–H groups in total. The predicted octanol–water partition coefficient (Wildman–Crippen LogP) is 6.06. The van der Waals surface area contributed by atoms with Gasteiger partial charge in [-0.15, -0.1) is 0 Å². The second-order valence-electron chi connectivity index (χ2n) is 11.9. The molecule has 0 spiro atoms. The van der Waals surface area contributed by atoms with Gasteiger partial charge in [-0.2, -0.15) is 10.2 Å². The van der Waals surface area contributed by atoms with E-state index in [-0.39, 0.29) is 18.3 Å². The second kappa shape index (κ2) is 11.6. The van der Waals surface area contributed by atoms with Gasteiger partial charge in [0, 0.05) is 47.9 Å². The first kappa shape index (κ1) is 28.6. The van der Waals surface area contributed by atoms with Crippen molar-refractivity contribution in [3.05, 3.63) is 89.4 Å². The van der Waals surface area contributed by atoms with Crippen molar-refractivity contribution in [2.24, 2.45) is 5.92 Å². The van der Waals surface area contributed by atoms with Gasteiger partial charge in [0.15, 0.2) is 0 Å². The molecule has 5 aromatic rings. The Bertz CT molecular complexity index is 1770. The zero-order chi connectivity index (χ0) is 30.2. The maximum Gasteiger partial charge on any atom is 0.303 e.